The number of carbonyl (C=O) groups excluding carboxylic acids is 1. The first-order valence-corrected chi connectivity index (χ1v) is 7.93. The van der Waals surface area contributed by atoms with Crippen LogP contribution in [0.15, 0.2) is 22.5 Å². The molecule has 5 heteroatoms. The topological polar surface area (TPSA) is 42.0 Å². The lowest BCUT2D eigenvalue weighted by Crippen LogP contribution is -2.19. The fourth-order valence-corrected chi connectivity index (χ4v) is 3.05. The summed E-state index contributed by atoms with van der Waals surface area (Å²) in [6, 6.07) is 5.86. The van der Waals surface area contributed by atoms with E-state index in [4.69, 9.17) is 0 Å². The molecule has 0 saturated carbocycles. The molecule has 2 rings (SSSR count). The zero-order valence-electron chi connectivity index (χ0n) is 10.7. The number of amides is 1. The summed E-state index contributed by atoms with van der Waals surface area (Å²) >= 11 is 3.30. The summed E-state index contributed by atoms with van der Waals surface area (Å²) in [5.74, 6) is 0.121. The molecule has 96 valence electrons. The number of carbonyl (C=O) groups is 1. The van der Waals surface area contributed by atoms with Gasteiger partial charge in [0.2, 0.25) is 5.91 Å². The second-order valence-corrected chi connectivity index (χ2v) is 6.25. The first-order valence-electron chi connectivity index (χ1n) is 5.89. The number of aromatic nitrogens is 1. The van der Waals surface area contributed by atoms with Gasteiger partial charge in [-0.15, -0.1) is 11.3 Å². The molecule has 1 atom stereocenters. The van der Waals surface area contributed by atoms with Crippen molar-refractivity contribution in [1.82, 2.24) is 4.98 Å². The summed E-state index contributed by atoms with van der Waals surface area (Å²) in [5, 5.41) is 2.95. The second-order valence-electron chi connectivity index (χ2n) is 4.16. The predicted molar refractivity (Wildman–Crippen MR) is 79.5 cm³/mol. The van der Waals surface area contributed by atoms with Gasteiger partial charge >= 0.3 is 0 Å². The summed E-state index contributed by atoms with van der Waals surface area (Å²) < 4.78 is 2.16. The number of rotatable bonds is 4. The zero-order chi connectivity index (χ0) is 13.1. The van der Waals surface area contributed by atoms with Crippen molar-refractivity contribution in [3.63, 3.8) is 0 Å². The summed E-state index contributed by atoms with van der Waals surface area (Å²) in [6.07, 6.45) is 2.87. The minimum Gasteiger partial charge on any atom is -0.326 e. The highest BCUT2D eigenvalue weighted by Gasteiger charge is 2.11. The minimum absolute atomic E-state index is 0.0453. The molecule has 18 heavy (non-hydrogen) atoms. The van der Waals surface area contributed by atoms with Crippen LogP contribution >= 0.6 is 23.1 Å². The number of thioether (sulfide) groups is 1. The number of hydrogen-bond acceptors (Lipinski definition) is 4. The van der Waals surface area contributed by atoms with E-state index < -0.39 is 0 Å². The van der Waals surface area contributed by atoms with Gasteiger partial charge in [-0.1, -0.05) is 25.6 Å². The van der Waals surface area contributed by atoms with E-state index in [9.17, 15) is 4.79 Å². The lowest BCUT2D eigenvalue weighted by atomic mass is 10.1. The smallest absolute Gasteiger partial charge is 0.227 e. The van der Waals surface area contributed by atoms with Crippen LogP contribution in [0, 0.1) is 5.92 Å². The molecule has 0 fully saturated rings. The molecule has 0 radical (unpaired) electrons. The van der Waals surface area contributed by atoms with Gasteiger partial charge in [0.25, 0.3) is 0 Å². The number of benzene rings is 1. The second kappa shape index (κ2) is 5.71. The van der Waals surface area contributed by atoms with Gasteiger partial charge in [0.05, 0.1) is 10.2 Å². The van der Waals surface area contributed by atoms with E-state index in [2.05, 4.69) is 10.3 Å². The number of fused-ring (bicyclic) bond motifs is 1. The number of hydrogen-bond donors (Lipinski definition) is 1. The van der Waals surface area contributed by atoms with Gasteiger partial charge in [-0.05, 0) is 30.9 Å². The fraction of sp³-hybridized carbons (Fsp3) is 0.385. The molecular weight excluding hydrogens is 264 g/mol. The first-order chi connectivity index (χ1) is 8.63. The quantitative estimate of drug-likeness (QED) is 0.861. The van der Waals surface area contributed by atoms with Crippen LogP contribution in [-0.2, 0) is 4.79 Å². The maximum Gasteiger partial charge on any atom is 0.227 e. The van der Waals surface area contributed by atoms with E-state index >= 15 is 0 Å². The van der Waals surface area contributed by atoms with E-state index in [-0.39, 0.29) is 11.8 Å². The van der Waals surface area contributed by atoms with Crippen LogP contribution in [0.3, 0.4) is 0 Å². The molecule has 2 aromatic rings. The molecule has 1 heterocycles. The van der Waals surface area contributed by atoms with Crippen molar-refractivity contribution in [2.45, 2.75) is 24.6 Å². The molecule has 0 saturated heterocycles. The van der Waals surface area contributed by atoms with Crippen molar-refractivity contribution < 1.29 is 4.79 Å². The maximum atomic E-state index is 11.8. The average Bonchev–Trinajstić information content (AvgIpc) is 2.79. The van der Waals surface area contributed by atoms with Crippen molar-refractivity contribution in [2.24, 2.45) is 5.92 Å². The zero-order valence-corrected chi connectivity index (χ0v) is 12.3. The third kappa shape index (κ3) is 2.84. The Hall–Kier alpha value is -1.07. The normalized spacial score (nSPS) is 12.6. The van der Waals surface area contributed by atoms with Crippen molar-refractivity contribution in [3.05, 3.63) is 18.2 Å². The Morgan fingerprint density at radius 1 is 1.56 bits per heavy atom. The molecule has 3 nitrogen and oxygen atoms in total. The lowest BCUT2D eigenvalue weighted by Gasteiger charge is -2.09. The van der Waals surface area contributed by atoms with Gasteiger partial charge in [0, 0.05) is 11.6 Å². The van der Waals surface area contributed by atoms with Gasteiger partial charge < -0.3 is 5.32 Å². The van der Waals surface area contributed by atoms with Gasteiger partial charge in [0.1, 0.15) is 0 Å². The summed E-state index contributed by atoms with van der Waals surface area (Å²) in [5.41, 5.74) is 1.84. The number of nitrogens with one attached hydrogen (secondary N) is 1. The van der Waals surface area contributed by atoms with Crippen molar-refractivity contribution in [1.29, 1.82) is 0 Å². The van der Waals surface area contributed by atoms with Crippen LogP contribution < -0.4 is 5.32 Å². The van der Waals surface area contributed by atoms with E-state index in [0.717, 1.165) is 26.7 Å². The van der Waals surface area contributed by atoms with Gasteiger partial charge in [-0.2, -0.15) is 0 Å². The monoisotopic (exact) mass is 280 g/mol. The third-order valence-electron chi connectivity index (χ3n) is 2.87. The Morgan fingerprint density at radius 3 is 3.00 bits per heavy atom. The average molecular weight is 280 g/mol. The molecule has 0 bridgehead atoms. The maximum absolute atomic E-state index is 11.8. The number of nitrogens with zero attached hydrogens (tertiary/aromatic N) is 1. The van der Waals surface area contributed by atoms with E-state index in [1.54, 1.807) is 23.1 Å². The Morgan fingerprint density at radius 2 is 2.33 bits per heavy atom. The fourth-order valence-electron chi connectivity index (χ4n) is 1.52. The standard InChI is InChI=1S/C13H16N2OS2/c1-4-8(2)12(16)14-9-5-6-10-11(7-9)18-13(15-10)17-3/h5-8H,4H2,1-3H3,(H,14,16). The highest BCUT2D eigenvalue weighted by atomic mass is 32.2. The molecule has 0 aliphatic carbocycles. The van der Waals surface area contributed by atoms with Crippen LogP contribution in [0.1, 0.15) is 20.3 Å². The van der Waals surface area contributed by atoms with Gasteiger partial charge in [0.15, 0.2) is 4.34 Å². The van der Waals surface area contributed by atoms with E-state index in [1.807, 2.05) is 38.3 Å². The molecule has 1 aromatic heterocycles. The Kier molecular flexibility index (Phi) is 4.24. The van der Waals surface area contributed by atoms with Crippen LogP contribution in [-0.4, -0.2) is 17.1 Å². The van der Waals surface area contributed by atoms with E-state index in [1.165, 1.54) is 0 Å². The summed E-state index contributed by atoms with van der Waals surface area (Å²) in [7, 11) is 0. The molecule has 1 N–H and O–H groups in total. The first kappa shape index (κ1) is 13.4. The van der Waals surface area contributed by atoms with Crippen molar-refractivity contribution >= 4 is 44.9 Å². The molecule has 1 aromatic carbocycles. The van der Waals surface area contributed by atoms with Gasteiger partial charge in [-0.25, -0.2) is 4.98 Å². The van der Waals surface area contributed by atoms with Crippen molar-refractivity contribution in [2.75, 3.05) is 11.6 Å². The number of anilines is 1. The molecule has 1 amide bonds. The highest BCUT2D eigenvalue weighted by molar-refractivity contribution is 8.00. The third-order valence-corrected chi connectivity index (χ3v) is 4.87. The largest absolute Gasteiger partial charge is 0.326 e. The molecule has 0 aliphatic heterocycles. The van der Waals surface area contributed by atoms with Crippen LogP contribution in [0.4, 0.5) is 5.69 Å². The van der Waals surface area contributed by atoms with Crippen molar-refractivity contribution in [3.8, 4) is 0 Å². The lowest BCUT2D eigenvalue weighted by molar-refractivity contribution is -0.119. The minimum atomic E-state index is 0.0453. The van der Waals surface area contributed by atoms with Crippen LogP contribution in [0.25, 0.3) is 10.2 Å². The Balaban J connectivity index is 2.21. The SMILES string of the molecule is CCC(C)C(=O)Nc1ccc2nc(SC)sc2c1. The van der Waals surface area contributed by atoms with Gasteiger partial charge in [-0.3, -0.25) is 4.79 Å². The highest BCUT2D eigenvalue weighted by Crippen LogP contribution is 2.30. The Labute approximate surface area is 115 Å². The molecular formula is C13H16N2OS2. The molecule has 0 spiro atoms. The van der Waals surface area contributed by atoms with Crippen LogP contribution in [0.2, 0.25) is 0 Å². The predicted octanol–water partition coefficient (Wildman–Crippen LogP) is 4.00. The number of thiazole rings is 1. The Bertz CT molecular complexity index is 565. The van der Waals surface area contributed by atoms with E-state index in [0.29, 0.717) is 0 Å². The van der Waals surface area contributed by atoms with Crippen LogP contribution in [0.5, 0.6) is 0 Å². The molecule has 1 unspecified atom stereocenters. The summed E-state index contributed by atoms with van der Waals surface area (Å²) in [6.45, 7) is 3.95. The summed E-state index contributed by atoms with van der Waals surface area (Å²) in [4.78, 5) is 16.3. The molecule has 0 aliphatic rings.